The molecule has 6 rings (SSSR count). The molecule has 0 spiro atoms. The zero-order valence-electron chi connectivity index (χ0n) is 22.0. The molecule has 0 saturated heterocycles. The second-order valence-corrected chi connectivity index (χ2v) is 9.88. The van der Waals surface area contributed by atoms with Crippen LogP contribution in [-0.2, 0) is 17.9 Å². The van der Waals surface area contributed by atoms with Gasteiger partial charge in [0, 0.05) is 29.6 Å². The van der Waals surface area contributed by atoms with Crippen molar-refractivity contribution < 1.29 is 23.1 Å². The van der Waals surface area contributed by atoms with Crippen molar-refractivity contribution in [2.24, 2.45) is 0 Å². The van der Waals surface area contributed by atoms with E-state index in [4.69, 9.17) is 14.9 Å². The summed E-state index contributed by atoms with van der Waals surface area (Å²) in [5.74, 6) is -1.86. The fraction of sp³-hybridized carbons (Fsp3) is 0.0968. The summed E-state index contributed by atoms with van der Waals surface area (Å²) in [7, 11) is 0. The normalized spacial score (nSPS) is 11.2. The van der Waals surface area contributed by atoms with E-state index in [1.807, 2.05) is 23.6 Å². The summed E-state index contributed by atoms with van der Waals surface area (Å²) in [4.78, 5) is 17.1. The van der Waals surface area contributed by atoms with E-state index in [1.54, 1.807) is 0 Å². The number of aromatic nitrogens is 4. The van der Waals surface area contributed by atoms with E-state index in [1.165, 1.54) is 33.8 Å². The SMILES string of the molecule is O=C(O)C(F)(F)F.c1cc(-c2ccc(CNCc3ccc(-c4csnn4)cc3)cc2)cc(-c2nc3ccccc3[nH]2)c1. The number of imidazole rings is 1. The third-order valence-electron chi connectivity index (χ3n) is 6.32. The average Bonchev–Trinajstić information content (AvgIpc) is 3.69. The molecule has 0 unspecified atom stereocenters. The van der Waals surface area contributed by atoms with Crippen LogP contribution in [0.1, 0.15) is 11.1 Å². The highest BCUT2D eigenvalue weighted by Crippen LogP contribution is 2.27. The van der Waals surface area contributed by atoms with Crippen LogP contribution in [0, 0.1) is 0 Å². The Bertz CT molecular complexity index is 1730. The molecule has 0 aliphatic rings. The summed E-state index contributed by atoms with van der Waals surface area (Å²) >= 11 is 1.37. The van der Waals surface area contributed by atoms with Gasteiger partial charge in [-0.15, -0.1) is 5.10 Å². The second kappa shape index (κ2) is 12.8. The predicted molar refractivity (Wildman–Crippen MR) is 157 cm³/mol. The van der Waals surface area contributed by atoms with E-state index < -0.39 is 12.1 Å². The number of nitrogens with one attached hydrogen (secondary N) is 2. The number of halogens is 3. The van der Waals surface area contributed by atoms with Gasteiger partial charge in [0.05, 0.1) is 11.0 Å². The van der Waals surface area contributed by atoms with Gasteiger partial charge < -0.3 is 15.4 Å². The summed E-state index contributed by atoms with van der Waals surface area (Å²) in [6, 6.07) is 33.9. The number of aromatic amines is 1. The number of fused-ring (bicyclic) bond motifs is 1. The zero-order chi connectivity index (χ0) is 29.5. The molecule has 0 bridgehead atoms. The number of benzene rings is 4. The van der Waals surface area contributed by atoms with Gasteiger partial charge in [0.2, 0.25) is 0 Å². The van der Waals surface area contributed by atoms with Crippen molar-refractivity contribution in [2.45, 2.75) is 19.3 Å². The highest BCUT2D eigenvalue weighted by Gasteiger charge is 2.38. The van der Waals surface area contributed by atoms with Gasteiger partial charge in [0.15, 0.2) is 0 Å². The van der Waals surface area contributed by atoms with Crippen molar-refractivity contribution in [3.63, 3.8) is 0 Å². The lowest BCUT2D eigenvalue weighted by Crippen LogP contribution is -2.21. The predicted octanol–water partition coefficient (Wildman–Crippen LogP) is 7.34. The summed E-state index contributed by atoms with van der Waals surface area (Å²) in [6.07, 6.45) is -5.08. The number of hydrogen-bond acceptors (Lipinski definition) is 6. The first kappa shape index (κ1) is 28.7. The Hall–Kier alpha value is -4.87. The van der Waals surface area contributed by atoms with E-state index in [0.717, 1.165) is 46.8 Å². The first-order valence-electron chi connectivity index (χ1n) is 12.8. The Morgan fingerprint density at radius 2 is 1.43 bits per heavy atom. The number of carboxylic acids is 1. The minimum atomic E-state index is -5.08. The minimum Gasteiger partial charge on any atom is -0.475 e. The van der Waals surface area contributed by atoms with Gasteiger partial charge in [-0.3, -0.25) is 0 Å². The molecular formula is C31H24F3N5O2S. The fourth-order valence-corrected chi connectivity index (χ4v) is 4.65. The standard InChI is InChI=1S/C29H23N5S.C2HF3O2/c1-2-7-27-26(6-1)31-29(32-27)25-5-3-4-24(16-25)22-12-8-20(9-13-22)17-30-18-21-10-14-23(15-11-21)28-19-35-34-33-28;3-2(4,5)1(6)7/h1-16,19,30H,17-18H2,(H,31,32);(H,6,7). The van der Waals surface area contributed by atoms with Crippen LogP contribution in [0.4, 0.5) is 13.2 Å². The smallest absolute Gasteiger partial charge is 0.475 e. The molecule has 0 amide bonds. The van der Waals surface area contributed by atoms with E-state index >= 15 is 0 Å². The maximum absolute atomic E-state index is 10.6. The van der Waals surface area contributed by atoms with Crippen LogP contribution in [0.2, 0.25) is 0 Å². The van der Waals surface area contributed by atoms with Gasteiger partial charge in [-0.2, -0.15) is 13.2 Å². The number of rotatable bonds is 7. The Kier molecular flexibility index (Phi) is 8.70. The summed E-state index contributed by atoms with van der Waals surface area (Å²) in [5, 5.41) is 16.7. The minimum absolute atomic E-state index is 0.816. The molecule has 2 heterocycles. The van der Waals surface area contributed by atoms with Gasteiger partial charge in [-0.05, 0) is 52.0 Å². The van der Waals surface area contributed by atoms with Crippen LogP contribution in [0.3, 0.4) is 0 Å². The van der Waals surface area contributed by atoms with Crippen LogP contribution in [-0.4, -0.2) is 36.8 Å². The third kappa shape index (κ3) is 7.25. The number of carboxylic acid groups (broad SMARTS) is 1. The highest BCUT2D eigenvalue weighted by atomic mass is 32.1. The quantitative estimate of drug-likeness (QED) is 0.181. The summed E-state index contributed by atoms with van der Waals surface area (Å²) in [5.41, 5.74) is 10.0. The highest BCUT2D eigenvalue weighted by molar-refractivity contribution is 7.03. The molecule has 11 heteroatoms. The molecule has 42 heavy (non-hydrogen) atoms. The Balaban J connectivity index is 0.000000451. The molecule has 0 aliphatic heterocycles. The molecule has 4 aromatic carbocycles. The van der Waals surface area contributed by atoms with Gasteiger partial charge >= 0.3 is 12.1 Å². The van der Waals surface area contributed by atoms with E-state index in [0.29, 0.717) is 0 Å². The monoisotopic (exact) mass is 587 g/mol. The molecule has 6 aromatic rings. The molecular weight excluding hydrogens is 563 g/mol. The van der Waals surface area contributed by atoms with Gasteiger partial charge in [-0.1, -0.05) is 83.4 Å². The van der Waals surface area contributed by atoms with Crippen LogP contribution < -0.4 is 5.32 Å². The van der Waals surface area contributed by atoms with E-state index in [2.05, 4.69) is 98.8 Å². The van der Waals surface area contributed by atoms with Crippen molar-refractivity contribution in [1.82, 2.24) is 24.9 Å². The topological polar surface area (TPSA) is 104 Å². The third-order valence-corrected chi connectivity index (χ3v) is 6.83. The van der Waals surface area contributed by atoms with Crippen molar-refractivity contribution in [3.8, 4) is 33.8 Å². The molecule has 3 N–H and O–H groups in total. The lowest BCUT2D eigenvalue weighted by molar-refractivity contribution is -0.192. The number of aliphatic carboxylic acids is 1. The molecule has 0 fully saturated rings. The Morgan fingerprint density at radius 1 is 0.810 bits per heavy atom. The second-order valence-electron chi connectivity index (χ2n) is 9.27. The lowest BCUT2D eigenvalue weighted by atomic mass is 10.0. The van der Waals surface area contributed by atoms with Crippen LogP contribution >= 0.6 is 11.5 Å². The number of hydrogen-bond donors (Lipinski definition) is 3. The molecule has 0 saturated carbocycles. The first-order chi connectivity index (χ1) is 20.3. The Morgan fingerprint density at radius 3 is 2.02 bits per heavy atom. The number of H-pyrrole nitrogens is 1. The van der Waals surface area contributed by atoms with Crippen molar-refractivity contribution in [3.05, 3.63) is 114 Å². The lowest BCUT2D eigenvalue weighted by Gasteiger charge is -2.08. The van der Waals surface area contributed by atoms with Crippen molar-refractivity contribution in [1.29, 1.82) is 0 Å². The number of para-hydroxylation sites is 2. The maximum atomic E-state index is 10.6. The van der Waals surface area contributed by atoms with Gasteiger partial charge in [-0.25, -0.2) is 9.78 Å². The van der Waals surface area contributed by atoms with Crippen molar-refractivity contribution in [2.75, 3.05) is 0 Å². The van der Waals surface area contributed by atoms with Gasteiger partial charge in [0.25, 0.3) is 0 Å². The van der Waals surface area contributed by atoms with Gasteiger partial charge in [0.1, 0.15) is 11.5 Å². The molecule has 0 atom stereocenters. The number of alkyl halides is 3. The van der Waals surface area contributed by atoms with Crippen LogP contribution in [0.25, 0.3) is 44.8 Å². The number of carbonyl (C=O) groups is 1. The molecule has 0 radical (unpaired) electrons. The molecule has 0 aliphatic carbocycles. The summed E-state index contributed by atoms with van der Waals surface area (Å²) in [6.45, 7) is 1.63. The molecule has 7 nitrogen and oxygen atoms in total. The van der Waals surface area contributed by atoms with E-state index in [9.17, 15) is 13.2 Å². The summed E-state index contributed by atoms with van der Waals surface area (Å²) < 4.78 is 35.7. The fourth-order valence-electron chi connectivity index (χ4n) is 4.19. The largest absolute Gasteiger partial charge is 0.490 e. The zero-order valence-corrected chi connectivity index (χ0v) is 22.8. The molecule has 212 valence electrons. The molecule has 2 aromatic heterocycles. The van der Waals surface area contributed by atoms with Crippen LogP contribution in [0.5, 0.6) is 0 Å². The van der Waals surface area contributed by atoms with Crippen molar-refractivity contribution >= 4 is 28.5 Å². The number of nitrogens with zero attached hydrogens (tertiary/aromatic N) is 3. The average molecular weight is 588 g/mol. The van der Waals surface area contributed by atoms with Crippen LogP contribution in [0.15, 0.2) is 102 Å². The Labute approximate surface area is 242 Å². The van der Waals surface area contributed by atoms with E-state index in [-0.39, 0.29) is 0 Å². The maximum Gasteiger partial charge on any atom is 0.490 e. The first-order valence-corrected chi connectivity index (χ1v) is 13.6.